The summed E-state index contributed by atoms with van der Waals surface area (Å²) in [6, 6.07) is 0. The van der Waals surface area contributed by atoms with Gasteiger partial charge in [0.2, 0.25) is 0 Å². The number of halogens is 2. The second kappa shape index (κ2) is 18.0. The average molecular weight is 374 g/mol. The van der Waals surface area contributed by atoms with Gasteiger partial charge in [-0.1, -0.05) is 47.5 Å². The van der Waals surface area contributed by atoms with Crippen LogP contribution in [0.15, 0.2) is 16.7 Å². The topological polar surface area (TPSA) is 23.8 Å². The average Bonchev–Trinajstić information content (AvgIpc) is 2.34. The molecule has 1 aliphatic carbocycles. The molecular formula is C15H33Cl2NSiTi-4. The zero-order valence-electron chi connectivity index (χ0n) is 14.6. The maximum absolute atomic E-state index is 6.94. The number of nitrogens with one attached hydrogen (secondary N) is 1. The van der Waals surface area contributed by atoms with Gasteiger partial charge in [0, 0.05) is 0 Å². The van der Waals surface area contributed by atoms with E-state index in [1.807, 2.05) is 47.6 Å². The summed E-state index contributed by atoms with van der Waals surface area (Å²) >= 11 is 2.03. The molecule has 0 spiro atoms. The van der Waals surface area contributed by atoms with Gasteiger partial charge >= 0.3 is 26.8 Å². The first-order valence-electron chi connectivity index (χ1n) is 5.51. The normalized spacial score (nSPS) is 15.3. The molecule has 1 rings (SSSR count). The van der Waals surface area contributed by atoms with Crippen LogP contribution in [0.3, 0.4) is 0 Å². The molecule has 0 aromatic rings. The van der Waals surface area contributed by atoms with E-state index in [1.54, 1.807) is 0 Å². The Kier molecular flexibility index (Phi) is 33.6. The van der Waals surface area contributed by atoms with Crippen LogP contribution in [-0.4, -0.2) is 13.2 Å². The van der Waals surface area contributed by atoms with Crippen LogP contribution in [0, 0.1) is 26.8 Å². The Balaban J connectivity index is -0.0000000399. The van der Waals surface area contributed by atoms with E-state index < -0.39 is 0 Å². The molecule has 1 aliphatic rings. The summed E-state index contributed by atoms with van der Waals surface area (Å²) < 4.78 is 0. The van der Waals surface area contributed by atoms with Gasteiger partial charge in [-0.3, -0.25) is 6.08 Å². The maximum atomic E-state index is 6.94. The van der Waals surface area contributed by atoms with Gasteiger partial charge in [0.15, 0.2) is 0 Å². The molecule has 0 radical (unpaired) electrons. The van der Waals surface area contributed by atoms with E-state index in [-0.39, 0.29) is 45.2 Å². The van der Waals surface area contributed by atoms with Crippen molar-refractivity contribution in [2.75, 3.05) is 0 Å². The van der Waals surface area contributed by atoms with Gasteiger partial charge in [-0.25, -0.2) is 5.57 Å². The van der Waals surface area contributed by atoms with Crippen LogP contribution in [0.2, 0.25) is 0 Å². The molecule has 0 aromatic carbocycles. The van der Waals surface area contributed by atoms with Crippen molar-refractivity contribution in [1.82, 2.24) is 0 Å². The number of rotatable bonds is 0. The Morgan fingerprint density at radius 1 is 1.05 bits per heavy atom. The zero-order chi connectivity index (χ0) is 13.5. The standard InChI is InChI=1S/C9H13.C4H10N.2CH3.2ClH.H2Si.Ti/c1-6-5-7(2)9(4)8(6)3;1-4(2,3)5;;;;;;/h6H,1-4H3;5H,1-3H3;2*1H3;2*1H;1H2;/q4*-1;;;;. The summed E-state index contributed by atoms with van der Waals surface area (Å²) in [7, 11) is 1.86. The van der Waals surface area contributed by atoms with Crippen LogP contribution in [0.25, 0.3) is 5.73 Å². The molecule has 5 heteroatoms. The third-order valence-electron chi connectivity index (χ3n) is 2.24. The van der Waals surface area contributed by atoms with Crippen molar-refractivity contribution < 1.29 is 19.2 Å². The van der Waals surface area contributed by atoms with Crippen LogP contribution in [0.1, 0.15) is 48.5 Å². The number of hydrogen-bond donors (Lipinski definition) is 0. The van der Waals surface area contributed by atoms with Gasteiger partial charge in [0.1, 0.15) is 0 Å². The van der Waals surface area contributed by atoms with Gasteiger partial charge in [-0.15, -0.1) is 37.3 Å². The van der Waals surface area contributed by atoms with Gasteiger partial charge in [0.05, 0.1) is 0 Å². The Morgan fingerprint density at radius 2 is 1.30 bits per heavy atom. The molecule has 1 nitrogen and oxygen atoms in total. The fraction of sp³-hybridized carbons (Fsp3) is 0.600. The van der Waals surface area contributed by atoms with E-state index >= 15 is 0 Å². The summed E-state index contributed by atoms with van der Waals surface area (Å²) in [5.74, 6) is 0.560. The van der Waals surface area contributed by atoms with Crippen molar-refractivity contribution in [3.63, 3.8) is 0 Å². The van der Waals surface area contributed by atoms with Crippen LogP contribution in [0.4, 0.5) is 0 Å². The van der Waals surface area contributed by atoms with Crippen molar-refractivity contribution in [2.24, 2.45) is 5.92 Å². The molecule has 1 N–H and O–H groups in total. The Morgan fingerprint density at radius 3 is 1.35 bits per heavy atom. The van der Waals surface area contributed by atoms with Crippen molar-refractivity contribution in [1.29, 1.82) is 0 Å². The van der Waals surface area contributed by atoms with E-state index in [9.17, 15) is 0 Å². The zero-order valence-corrected chi connectivity index (χ0v) is 19.2. The van der Waals surface area contributed by atoms with Gasteiger partial charge in [-0.05, 0) is 0 Å². The number of hydrogen-bond acceptors (Lipinski definition) is 0. The molecule has 0 amide bonds. The monoisotopic (exact) mass is 373 g/mol. The minimum absolute atomic E-state index is 0. The molecule has 1 atom stereocenters. The van der Waals surface area contributed by atoms with Crippen molar-refractivity contribution in [3.05, 3.63) is 43.4 Å². The summed E-state index contributed by atoms with van der Waals surface area (Å²) in [5.41, 5.74) is 10.9. The van der Waals surface area contributed by atoms with Crippen molar-refractivity contribution in [2.45, 2.75) is 54.0 Å². The van der Waals surface area contributed by atoms with E-state index in [1.165, 1.54) is 16.7 Å². The fourth-order valence-electron chi connectivity index (χ4n) is 1.16. The summed E-state index contributed by atoms with van der Waals surface area (Å²) in [4.78, 5) is 0. The molecule has 0 fully saturated rings. The minimum atomic E-state index is -0.250. The van der Waals surface area contributed by atoms with Gasteiger partial charge < -0.3 is 20.6 Å². The summed E-state index contributed by atoms with van der Waals surface area (Å²) in [5, 5.41) is 0. The Hall–Kier alpha value is 0.951. The molecule has 1 unspecified atom stereocenters. The van der Waals surface area contributed by atoms with E-state index in [0.29, 0.717) is 5.92 Å². The third kappa shape index (κ3) is 21.3. The van der Waals surface area contributed by atoms with Crippen LogP contribution >= 0.6 is 24.8 Å². The van der Waals surface area contributed by atoms with Crippen LogP contribution < -0.4 is 0 Å². The van der Waals surface area contributed by atoms with E-state index in [4.69, 9.17) is 5.73 Å². The first-order chi connectivity index (χ1) is 7.13. The first kappa shape index (κ1) is 37.3. The molecular weight excluding hydrogens is 341 g/mol. The second-order valence-electron chi connectivity index (χ2n) is 5.05. The number of allylic oxidation sites excluding steroid dienone is 4. The quantitative estimate of drug-likeness (QED) is 0.401. The predicted octanol–water partition coefficient (Wildman–Crippen LogP) is 5.38. The Labute approximate surface area is 154 Å². The molecule has 0 heterocycles. The molecule has 0 aromatic heterocycles. The van der Waals surface area contributed by atoms with Gasteiger partial charge in [-0.2, -0.15) is 11.1 Å². The molecule has 20 heavy (non-hydrogen) atoms. The van der Waals surface area contributed by atoms with Crippen LogP contribution in [0.5, 0.6) is 0 Å². The third-order valence-corrected chi connectivity index (χ3v) is 2.24. The predicted molar refractivity (Wildman–Crippen MR) is 99.9 cm³/mol. The first-order valence-corrected chi connectivity index (χ1v) is 9.53. The molecule has 0 saturated heterocycles. The SMILES string of the molecule is CC(C)(C)[NH-].CC1=[C-]C(C)C(C)=C1C.Cl.Cl.[CH3-].[CH3-].[SiH2]=[Ti]. The van der Waals surface area contributed by atoms with E-state index in [2.05, 4.69) is 33.8 Å². The van der Waals surface area contributed by atoms with Crippen molar-refractivity contribution in [3.8, 4) is 0 Å². The summed E-state index contributed by atoms with van der Waals surface area (Å²) in [6.07, 6.45) is 3.36. The Bertz CT molecular complexity index is 278. The molecule has 0 saturated carbocycles. The van der Waals surface area contributed by atoms with Crippen LogP contribution in [-0.2, 0) is 19.2 Å². The second-order valence-corrected chi connectivity index (χ2v) is 5.05. The summed E-state index contributed by atoms with van der Waals surface area (Å²) in [6.45, 7) is 14.2. The fourth-order valence-corrected chi connectivity index (χ4v) is 1.16. The molecule has 124 valence electrons. The molecule has 0 bridgehead atoms. The van der Waals surface area contributed by atoms with Gasteiger partial charge in [0.25, 0.3) is 0 Å². The molecule has 0 aliphatic heterocycles. The van der Waals surface area contributed by atoms with E-state index in [0.717, 1.165) is 0 Å². The van der Waals surface area contributed by atoms with Crippen molar-refractivity contribution >= 4 is 32.4 Å².